The summed E-state index contributed by atoms with van der Waals surface area (Å²) in [5.74, 6) is -0.231. The Morgan fingerprint density at radius 1 is 0.960 bits per heavy atom. The molecule has 0 unspecified atom stereocenters. The second-order valence-corrected chi connectivity index (χ2v) is 7.11. The fourth-order valence-corrected chi connectivity index (χ4v) is 3.33. The Labute approximate surface area is 160 Å². The van der Waals surface area contributed by atoms with Crippen LogP contribution in [0.3, 0.4) is 0 Å². The summed E-state index contributed by atoms with van der Waals surface area (Å²) in [5, 5.41) is 7.96. The Balaban J connectivity index is 1.79. The van der Waals surface area contributed by atoms with Crippen molar-refractivity contribution in [1.82, 2.24) is 5.32 Å². The molecule has 0 fully saturated rings. The molecular formula is C20H17BrN2OS. The number of anilines is 1. The molecule has 0 atom stereocenters. The third-order valence-corrected chi connectivity index (χ3v) is 5.00. The zero-order chi connectivity index (χ0) is 18.0. The molecule has 3 aromatic carbocycles. The molecule has 0 spiro atoms. The van der Waals surface area contributed by atoms with Gasteiger partial charge in [-0.15, -0.1) is 0 Å². The number of amides is 1. The SMILES string of the molecule is Cc1ccc(NC(=S)NC(=O)c2cccc3c(Br)cccc23)cc1C. The Hall–Kier alpha value is -2.24. The monoisotopic (exact) mass is 412 g/mol. The minimum atomic E-state index is -0.231. The second-order valence-electron chi connectivity index (χ2n) is 5.85. The van der Waals surface area contributed by atoms with Crippen molar-refractivity contribution in [2.75, 3.05) is 5.32 Å². The predicted molar refractivity (Wildman–Crippen MR) is 111 cm³/mol. The van der Waals surface area contributed by atoms with Gasteiger partial charge >= 0.3 is 0 Å². The minimum Gasteiger partial charge on any atom is -0.332 e. The molecule has 0 radical (unpaired) electrons. The molecule has 0 heterocycles. The van der Waals surface area contributed by atoms with Crippen molar-refractivity contribution in [2.45, 2.75) is 13.8 Å². The highest BCUT2D eigenvalue weighted by Gasteiger charge is 2.12. The van der Waals surface area contributed by atoms with E-state index in [0.717, 1.165) is 26.5 Å². The van der Waals surface area contributed by atoms with Gasteiger partial charge in [0.05, 0.1) is 0 Å². The van der Waals surface area contributed by atoms with Crippen LogP contribution in [0.1, 0.15) is 21.5 Å². The van der Waals surface area contributed by atoms with Gasteiger partial charge in [0.15, 0.2) is 5.11 Å². The third-order valence-electron chi connectivity index (χ3n) is 4.11. The first-order chi connectivity index (χ1) is 12.0. The summed E-state index contributed by atoms with van der Waals surface area (Å²) in [6, 6.07) is 17.4. The average Bonchev–Trinajstić information content (AvgIpc) is 2.58. The fraction of sp³-hybridized carbons (Fsp3) is 0.100. The van der Waals surface area contributed by atoms with E-state index in [4.69, 9.17) is 12.2 Å². The Bertz CT molecular complexity index is 985. The van der Waals surface area contributed by atoms with E-state index in [2.05, 4.69) is 33.5 Å². The molecule has 0 aliphatic carbocycles. The van der Waals surface area contributed by atoms with Crippen LogP contribution in [0.2, 0.25) is 0 Å². The zero-order valence-corrected chi connectivity index (χ0v) is 16.3. The lowest BCUT2D eigenvalue weighted by molar-refractivity contribution is 0.0979. The van der Waals surface area contributed by atoms with Crippen LogP contribution in [0.5, 0.6) is 0 Å². The number of halogens is 1. The first-order valence-corrected chi connectivity index (χ1v) is 9.02. The first-order valence-electron chi connectivity index (χ1n) is 7.82. The summed E-state index contributed by atoms with van der Waals surface area (Å²) in [5.41, 5.74) is 3.82. The summed E-state index contributed by atoms with van der Waals surface area (Å²) in [6.07, 6.45) is 0. The highest BCUT2D eigenvalue weighted by molar-refractivity contribution is 9.10. The van der Waals surface area contributed by atoms with E-state index < -0.39 is 0 Å². The quantitative estimate of drug-likeness (QED) is 0.557. The molecule has 3 aromatic rings. The molecule has 126 valence electrons. The standard InChI is InChI=1S/C20H17BrN2OS/c1-12-9-10-14(11-13(12)2)22-20(25)23-19(24)17-7-3-6-16-15(17)5-4-8-18(16)21/h3-11H,1-2H3,(H2,22,23,24,25). The van der Waals surface area contributed by atoms with E-state index >= 15 is 0 Å². The molecule has 0 saturated carbocycles. The number of thiocarbonyl (C=S) groups is 1. The van der Waals surface area contributed by atoms with Crippen molar-refractivity contribution in [2.24, 2.45) is 0 Å². The summed E-state index contributed by atoms with van der Waals surface area (Å²) >= 11 is 8.80. The molecule has 0 aliphatic heterocycles. The van der Waals surface area contributed by atoms with Gasteiger partial charge in [-0.3, -0.25) is 10.1 Å². The van der Waals surface area contributed by atoms with Crippen LogP contribution in [0, 0.1) is 13.8 Å². The smallest absolute Gasteiger partial charge is 0.258 e. The molecule has 2 N–H and O–H groups in total. The average molecular weight is 413 g/mol. The number of aryl methyl sites for hydroxylation is 2. The van der Waals surface area contributed by atoms with Gasteiger partial charge in [-0.25, -0.2) is 0 Å². The number of hydrogen-bond acceptors (Lipinski definition) is 2. The lowest BCUT2D eigenvalue weighted by atomic mass is 10.0. The maximum Gasteiger partial charge on any atom is 0.258 e. The number of carbonyl (C=O) groups is 1. The van der Waals surface area contributed by atoms with Crippen molar-refractivity contribution in [1.29, 1.82) is 0 Å². The summed E-state index contributed by atoms with van der Waals surface area (Å²) in [7, 11) is 0. The van der Waals surface area contributed by atoms with Crippen LogP contribution in [0.4, 0.5) is 5.69 Å². The van der Waals surface area contributed by atoms with E-state index in [1.807, 2.05) is 55.5 Å². The minimum absolute atomic E-state index is 0.231. The van der Waals surface area contributed by atoms with Gasteiger partial charge in [-0.05, 0) is 72.2 Å². The second kappa shape index (κ2) is 7.33. The number of rotatable bonds is 2. The zero-order valence-electron chi connectivity index (χ0n) is 13.9. The van der Waals surface area contributed by atoms with Crippen molar-refractivity contribution in [3.63, 3.8) is 0 Å². The molecule has 1 amide bonds. The Morgan fingerprint density at radius 2 is 1.68 bits per heavy atom. The molecule has 0 aliphatic rings. The predicted octanol–water partition coefficient (Wildman–Crippen LogP) is 5.35. The summed E-state index contributed by atoms with van der Waals surface area (Å²) in [4.78, 5) is 12.6. The van der Waals surface area contributed by atoms with Gasteiger partial charge in [-0.2, -0.15) is 0 Å². The molecule has 25 heavy (non-hydrogen) atoms. The van der Waals surface area contributed by atoms with E-state index in [-0.39, 0.29) is 11.0 Å². The number of hydrogen-bond donors (Lipinski definition) is 2. The van der Waals surface area contributed by atoms with Crippen molar-refractivity contribution < 1.29 is 4.79 Å². The van der Waals surface area contributed by atoms with Crippen molar-refractivity contribution in [3.8, 4) is 0 Å². The first kappa shape index (κ1) is 17.6. The molecule has 0 bridgehead atoms. The molecule has 0 saturated heterocycles. The van der Waals surface area contributed by atoms with Crippen LogP contribution in [0.15, 0.2) is 59.1 Å². The van der Waals surface area contributed by atoms with Gasteiger partial charge in [0.25, 0.3) is 5.91 Å². The van der Waals surface area contributed by atoms with Crippen molar-refractivity contribution in [3.05, 3.63) is 75.8 Å². The number of fused-ring (bicyclic) bond motifs is 1. The Morgan fingerprint density at radius 3 is 2.44 bits per heavy atom. The van der Waals surface area contributed by atoms with E-state index in [9.17, 15) is 4.79 Å². The van der Waals surface area contributed by atoms with Gasteiger partial charge in [-0.1, -0.05) is 46.3 Å². The van der Waals surface area contributed by atoms with E-state index in [1.165, 1.54) is 5.56 Å². The molecule has 0 aromatic heterocycles. The van der Waals surface area contributed by atoms with Gasteiger partial charge in [0.2, 0.25) is 0 Å². The normalized spacial score (nSPS) is 10.5. The number of nitrogens with one attached hydrogen (secondary N) is 2. The molecule has 3 rings (SSSR count). The van der Waals surface area contributed by atoms with Crippen molar-refractivity contribution >= 4 is 55.6 Å². The third kappa shape index (κ3) is 3.89. The summed E-state index contributed by atoms with van der Waals surface area (Å²) < 4.78 is 0.954. The molecule has 5 heteroatoms. The maximum atomic E-state index is 12.6. The lowest BCUT2D eigenvalue weighted by Crippen LogP contribution is -2.34. The highest BCUT2D eigenvalue weighted by atomic mass is 79.9. The highest BCUT2D eigenvalue weighted by Crippen LogP contribution is 2.26. The van der Waals surface area contributed by atoms with Gasteiger partial charge in [0, 0.05) is 15.7 Å². The summed E-state index contributed by atoms with van der Waals surface area (Å²) in [6.45, 7) is 4.09. The van der Waals surface area contributed by atoms with E-state index in [0.29, 0.717) is 5.56 Å². The fourth-order valence-electron chi connectivity index (χ4n) is 2.62. The van der Waals surface area contributed by atoms with Crippen LogP contribution < -0.4 is 10.6 Å². The van der Waals surface area contributed by atoms with Crippen LogP contribution in [-0.4, -0.2) is 11.0 Å². The van der Waals surface area contributed by atoms with Gasteiger partial charge < -0.3 is 5.32 Å². The Kier molecular flexibility index (Phi) is 5.16. The number of carbonyl (C=O) groups excluding carboxylic acids is 1. The van der Waals surface area contributed by atoms with Gasteiger partial charge in [0.1, 0.15) is 0 Å². The topological polar surface area (TPSA) is 41.1 Å². The van der Waals surface area contributed by atoms with Crippen LogP contribution >= 0.6 is 28.1 Å². The lowest BCUT2D eigenvalue weighted by Gasteiger charge is -2.12. The molecular weight excluding hydrogens is 396 g/mol. The van der Waals surface area contributed by atoms with Crippen LogP contribution in [0.25, 0.3) is 10.8 Å². The largest absolute Gasteiger partial charge is 0.332 e. The number of benzene rings is 3. The molecule has 3 nitrogen and oxygen atoms in total. The maximum absolute atomic E-state index is 12.6. The van der Waals surface area contributed by atoms with E-state index in [1.54, 1.807) is 6.07 Å². The van der Waals surface area contributed by atoms with Crippen LogP contribution in [-0.2, 0) is 0 Å².